The summed E-state index contributed by atoms with van der Waals surface area (Å²) < 4.78 is 6.08. The van der Waals surface area contributed by atoms with Gasteiger partial charge in [-0.15, -0.1) is 0 Å². The molecule has 0 spiro atoms. The Labute approximate surface area is 155 Å². The number of esters is 1. The molecule has 2 nitrogen and oxygen atoms in total. The van der Waals surface area contributed by atoms with Crippen molar-refractivity contribution in [3.05, 3.63) is 23.8 Å². The molecule has 0 aromatic carbocycles. The Morgan fingerprint density at radius 3 is 2.60 bits per heavy atom. The van der Waals surface area contributed by atoms with Crippen LogP contribution in [0.2, 0.25) is 0 Å². The Hall–Kier alpha value is -1.05. The van der Waals surface area contributed by atoms with Crippen molar-refractivity contribution >= 4 is 5.97 Å². The number of carbonyl (C=O) groups excluding carboxylic acids is 1. The largest absolute Gasteiger partial charge is 0.461 e. The standard InChI is InChI=1S/C23H38O2/c1-8-16(3)22(24)25-20-14-15(2)13-18-10-9-17(4)19(21(18)20)11-12-23(5,6)7/h9-10,13,15-17,19-21H,8,11-12,14H2,1-7H3/t15-,16+,17+,19+,20+,21+/m1/s1. The van der Waals surface area contributed by atoms with Crippen LogP contribution in [0.15, 0.2) is 23.8 Å². The first-order valence-corrected chi connectivity index (χ1v) is 10.2. The Kier molecular flexibility index (Phi) is 6.56. The average Bonchev–Trinajstić information content (AvgIpc) is 2.52. The van der Waals surface area contributed by atoms with Crippen LogP contribution in [-0.2, 0) is 9.53 Å². The molecule has 25 heavy (non-hydrogen) atoms. The Bertz CT molecular complexity index is 523. The van der Waals surface area contributed by atoms with Crippen LogP contribution in [0.25, 0.3) is 0 Å². The Morgan fingerprint density at radius 2 is 2.00 bits per heavy atom. The van der Waals surface area contributed by atoms with Crippen molar-refractivity contribution in [1.29, 1.82) is 0 Å². The van der Waals surface area contributed by atoms with Crippen LogP contribution in [0.1, 0.15) is 74.1 Å². The predicted molar refractivity (Wildman–Crippen MR) is 105 cm³/mol. The third-order valence-electron chi connectivity index (χ3n) is 6.11. The zero-order chi connectivity index (χ0) is 18.8. The van der Waals surface area contributed by atoms with E-state index >= 15 is 0 Å². The smallest absolute Gasteiger partial charge is 0.308 e. The van der Waals surface area contributed by atoms with Crippen molar-refractivity contribution in [2.24, 2.45) is 35.0 Å². The highest BCUT2D eigenvalue weighted by atomic mass is 16.5. The summed E-state index contributed by atoms with van der Waals surface area (Å²) in [7, 11) is 0. The SMILES string of the molecule is CC[C@H](C)C(=O)O[C@H]1C[C@H](C)C=C2C=C[C@H](C)[C@H](CCC(C)(C)C)[C@H]21. The van der Waals surface area contributed by atoms with Gasteiger partial charge >= 0.3 is 5.97 Å². The van der Waals surface area contributed by atoms with Gasteiger partial charge in [-0.1, -0.05) is 66.7 Å². The number of rotatable bonds is 5. The van der Waals surface area contributed by atoms with E-state index in [1.165, 1.54) is 18.4 Å². The minimum Gasteiger partial charge on any atom is -0.461 e. The maximum absolute atomic E-state index is 12.5. The normalized spacial score (nSPS) is 33.4. The van der Waals surface area contributed by atoms with E-state index in [0.29, 0.717) is 29.1 Å². The van der Waals surface area contributed by atoms with Gasteiger partial charge in [-0.25, -0.2) is 0 Å². The fraction of sp³-hybridized carbons (Fsp3) is 0.783. The highest BCUT2D eigenvalue weighted by Crippen LogP contribution is 2.45. The van der Waals surface area contributed by atoms with E-state index in [9.17, 15) is 4.79 Å². The maximum atomic E-state index is 12.5. The molecule has 0 radical (unpaired) electrons. The second-order valence-corrected chi connectivity index (χ2v) is 9.67. The maximum Gasteiger partial charge on any atom is 0.308 e. The van der Waals surface area contributed by atoms with Crippen molar-refractivity contribution in [1.82, 2.24) is 0 Å². The third kappa shape index (κ3) is 5.21. The summed E-state index contributed by atoms with van der Waals surface area (Å²) in [6, 6.07) is 0. The molecule has 0 aromatic rings. The predicted octanol–water partition coefficient (Wildman–Crippen LogP) is 6.18. The minimum absolute atomic E-state index is 0.00533. The summed E-state index contributed by atoms with van der Waals surface area (Å²) in [5.41, 5.74) is 1.74. The van der Waals surface area contributed by atoms with E-state index in [2.05, 4.69) is 59.8 Å². The lowest BCUT2D eigenvalue weighted by Gasteiger charge is -2.43. The molecule has 2 aliphatic rings. The van der Waals surface area contributed by atoms with Crippen LogP contribution >= 0.6 is 0 Å². The van der Waals surface area contributed by atoms with Gasteiger partial charge in [0.25, 0.3) is 0 Å². The molecule has 0 aliphatic heterocycles. The molecule has 0 aromatic heterocycles. The second kappa shape index (κ2) is 8.10. The zero-order valence-electron chi connectivity index (χ0n) is 17.3. The molecule has 2 aliphatic carbocycles. The van der Waals surface area contributed by atoms with Crippen molar-refractivity contribution < 1.29 is 9.53 Å². The molecule has 0 fully saturated rings. The second-order valence-electron chi connectivity index (χ2n) is 9.67. The molecule has 0 heterocycles. The van der Waals surface area contributed by atoms with Crippen LogP contribution in [0.4, 0.5) is 0 Å². The topological polar surface area (TPSA) is 26.3 Å². The number of ether oxygens (including phenoxy) is 1. The summed E-state index contributed by atoms with van der Waals surface area (Å²) in [5, 5.41) is 0. The minimum atomic E-state index is -0.0160. The fourth-order valence-corrected chi connectivity index (χ4v) is 4.25. The highest BCUT2D eigenvalue weighted by molar-refractivity contribution is 5.72. The molecule has 0 saturated heterocycles. The van der Waals surface area contributed by atoms with E-state index in [0.717, 1.165) is 12.8 Å². The highest BCUT2D eigenvalue weighted by Gasteiger charge is 2.41. The van der Waals surface area contributed by atoms with Crippen molar-refractivity contribution in [2.75, 3.05) is 0 Å². The van der Waals surface area contributed by atoms with E-state index in [1.54, 1.807) is 0 Å². The fourth-order valence-electron chi connectivity index (χ4n) is 4.25. The van der Waals surface area contributed by atoms with Crippen LogP contribution < -0.4 is 0 Å². The monoisotopic (exact) mass is 346 g/mol. The first-order chi connectivity index (χ1) is 11.6. The van der Waals surface area contributed by atoms with Gasteiger partial charge in [-0.05, 0) is 54.4 Å². The first kappa shape index (κ1) is 20.3. The molecule has 6 atom stereocenters. The van der Waals surface area contributed by atoms with Gasteiger partial charge in [0.05, 0.1) is 5.92 Å². The lowest BCUT2D eigenvalue weighted by Crippen LogP contribution is -2.41. The molecule has 2 heteroatoms. The number of hydrogen-bond donors (Lipinski definition) is 0. The van der Waals surface area contributed by atoms with Gasteiger partial charge < -0.3 is 4.74 Å². The molecule has 2 rings (SSSR count). The third-order valence-corrected chi connectivity index (χ3v) is 6.11. The van der Waals surface area contributed by atoms with Gasteiger partial charge in [-0.2, -0.15) is 0 Å². The summed E-state index contributed by atoms with van der Waals surface area (Å²) >= 11 is 0. The molecule has 0 unspecified atom stereocenters. The van der Waals surface area contributed by atoms with Crippen LogP contribution in [-0.4, -0.2) is 12.1 Å². The zero-order valence-corrected chi connectivity index (χ0v) is 17.3. The van der Waals surface area contributed by atoms with Crippen LogP contribution in [0.3, 0.4) is 0 Å². The van der Waals surface area contributed by atoms with Gasteiger partial charge in [0.15, 0.2) is 0 Å². The molecule has 0 saturated carbocycles. The van der Waals surface area contributed by atoms with Crippen LogP contribution in [0, 0.1) is 35.0 Å². The quantitative estimate of drug-likeness (QED) is 0.556. The van der Waals surface area contributed by atoms with Crippen LogP contribution in [0.5, 0.6) is 0 Å². The summed E-state index contributed by atoms with van der Waals surface area (Å²) in [5.74, 6) is 1.93. The molecule has 0 N–H and O–H groups in total. The van der Waals surface area contributed by atoms with Gasteiger partial charge in [0.1, 0.15) is 6.10 Å². The Balaban J connectivity index is 2.23. The summed E-state index contributed by atoms with van der Waals surface area (Å²) in [6.45, 7) is 15.5. The summed E-state index contributed by atoms with van der Waals surface area (Å²) in [4.78, 5) is 12.5. The molecule has 0 bridgehead atoms. The molecular formula is C23H38O2. The lowest BCUT2D eigenvalue weighted by atomic mass is 9.64. The number of allylic oxidation sites excluding steroid dienone is 3. The van der Waals surface area contributed by atoms with Gasteiger partial charge in [-0.3, -0.25) is 4.79 Å². The van der Waals surface area contributed by atoms with Gasteiger partial charge in [0.2, 0.25) is 0 Å². The molecule has 142 valence electrons. The van der Waals surface area contributed by atoms with Gasteiger partial charge in [0, 0.05) is 5.92 Å². The lowest BCUT2D eigenvalue weighted by molar-refractivity contribution is -0.158. The molecular weight excluding hydrogens is 308 g/mol. The number of hydrogen-bond acceptors (Lipinski definition) is 2. The van der Waals surface area contributed by atoms with Crippen molar-refractivity contribution in [2.45, 2.75) is 80.3 Å². The van der Waals surface area contributed by atoms with E-state index in [4.69, 9.17) is 4.74 Å². The Morgan fingerprint density at radius 1 is 1.32 bits per heavy atom. The molecule has 0 amide bonds. The van der Waals surface area contributed by atoms with E-state index in [1.807, 2.05) is 6.92 Å². The van der Waals surface area contributed by atoms with E-state index in [-0.39, 0.29) is 18.0 Å². The van der Waals surface area contributed by atoms with E-state index < -0.39 is 0 Å². The average molecular weight is 347 g/mol. The van der Waals surface area contributed by atoms with Crippen molar-refractivity contribution in [3.8, 4) is 0 Å². The summed E-state index contributed by atoms with van der Waals surface area (Å²) in [6.07, 6.45) is 11.3. The first-order valence-electron chi connectivity index (χ1n) is 10.2. The van der Waals surface area contributed by atoms with Crippen molar-refractivity contribution in [3.63, 3.8) is 0 Å². The number of carbonyl (C=O) groups is 1. The number of fused-ring (bicyclic) bond motifs is 1.